The summed E-state index contributed by atoms with van der Waals surface area (Å²) >= 11 is 0. The van der Waals surface area contributed by atoms with E-state index in [1.807, 2.05) is 18.2 Å². The molecule has 0 saturated heterocycles. The molecule has 0 amide bonds. The van der Waals surface area contributed by atoms with Gasteiger partial charge in [0.25, 0.3) is 0 Å². The first-order chi connectivity index (χ1) is 14.0. The molecule has 29 heavy (non-hydrogen) atoms. The maximum absolute atomic E-state index is 13.7. The summed E-state index contributed by atoms with van der Waals surface area (Å²) in [6, 6.07) is 10.7. The van der Waals surface area contributed by atoms with Crippen LogP contribution < -0.4 is 5.32 Å². The molecule has 0 saturated carbocycles. The van der Waals surface area contributed by atoms with Gasteiger partial charge in [0.05, 0.1) is 23.7 Å². The third-order valence-electron chi connectivity index (χ3n) is 4.76. The highest BCUT2D eigenvalue weighted by Crippen LogP contribution is 2.28. The number of phenolic OH excluding ortho intramolecular Hbond substituents is 1. The third kappa shape index (κ3) is 4.03. The zero-order chi connectivity index (χ0) is 20.4. The van der Waals surface area contributed by atoms with Gasteiger partial charge >= 0.3 is 0 Å². The Morgan fingerprint density at radius 3 is 2.66 bits per heavy atom. The Morgan fingerprint density at radius 1 is 1.14 bits per heavy atom. The Bertz CT molecular complexity index is 1140. The maximum atomic E-state index is 13.7. The Kier molecular flexibility index (Phi) is 5.12. The summed E-state index contributed by atoms with van der Waals surface area (Å²) in [5, 5.41) is 12.8. The van der Waals surface area contributed by atoms with Crippen molar-refractivity contribution in [1.82, 2.24) is 19.5 Å². The maximum Gasteiger partial charge on any atom is 0.154 e. The first-order valence-electron chi connectivity index (χ1n) is 9.51. The smallest absolute Gasteiger partial charge is 0.154 e. The Morgan fingerprint density at radius 2 is 1.93 bits per heavy atom. The highest BCUT2D eigenvalue weighted by atomic mass is 19.1. The second kappa shape index (κ2) is 7.87. The number of aromatic hydroxyl groups is 1. The number of anilines is 1. The van der Waals surface area contributed by atoms with Crippen molar-refractivity contribution in [3.63, 3.8) is 0 Å². The van der Waals surface area contributed by atoms with Gasteiger partial charge in [0.2, 0.25) is 0 Å². The topological polar surface area (TPSA) is 75.9 Å². The van der Waals surface area contributed by atoms with Crippen LogP contribution in [0.3, 0.4) is 0 Å². The number of nitrogens with one attached hydrogen (secondary N) is 1. The van der Waals surface area contributed by atoms with Crippen molar-refractivity contribution >= 4 is 16.9 Å². The fourth-order valence-corrected chi connectivity index (χ4v) is 3.25. The van der Waals surface area contributed by atoms with Gasteiger partial charge in [-0.1, -0.05) is 12.1 Å². The molecule has 0 fully saturated rings. The highest BCUT2D eigenvalue weighted by Gasteiger charge is 2.14. The average molecular weight is 391 g/mol. The first-order valence-corrected chi connectivity index (χ1v) is 9.51. The van der Waals surface area contributed by atoms with E-state index in [0.29, 0.717) is 23.6 Å². The molecule has 0 radical (unpaired) electrons. The van der Waals surface area contributed by atoms with Crippen molar-refractivity contribution in [2.45, 2.75) is 26.3 Å². The van der Waals surface area contributed by atoms with Gasteiger partial charge in [0, 0.05) is 24.3 Å². The van der Waals surface area contributed by atoms with Crippen LogP contribution in [0.2, 0.25) is 0 Å². The molecule has 0 aliphatic heterocycles. The number of hydrogen-bond acceptors (Lipinski definition) is 5. The van der Waals surface area contributed by atoms with Crippen molar-refractivity contribution < 1.29 is 9.50 Å². The van der Waals surface area contributed by atoms with Crippen LogP contribution in [0, 0.1) is 5.82 Å². The van der Waals surface area contributed by atoms with E-state index >= 15 is 0 Å². The summed E-state index contributed by atoms with van der Waals surface area (Å²) in [4.78, 5) is 13.2. The largest absolute Gasteiger partial charge is 0.508 e. The molecule has 0 spiro atoms. The minimum absolute atomic E-state index is 0.228. The first kappa shape index (κ1) is 18.9. The lowest BCUT2D eigenvalue weighted by Crippen LogP contribution is -2.08. The zero-order valence-corrected chi connectivity index (χ0v) is 16.3. The van der Waals surface area contributed by atoms with Gasteiger partial charge in [0.1, 0.15) is 17.1 Å². The molecule has 4 rings (SSSR count). The number of phenols is 1. The molecular formula is C22H22FN5O. The molecule has 7 heteroatoms. The lowest BCUT2D eigenvalue weighted by Gasteiger charge is -2.12. The van der Waals surface area contributed by atoms with Gasteiger partial charge < -0.3 is 15.0 Å². The fraction of sp³-hybridized carbons (Fsp3) is 0.227. The van der Waals surface area contributed by atoms with Crippen LogP contribution in [0.1, 0.15) is 25.5 Å². The molecule has 3 heterocycles. The SMILES string of the molecule is CC(C)n1cnc2c(NCCc3ccc(O)cc3)nc(-c3cncc(F)c3)cc21. The summed E-state index contributed by atoms with van der Waals surface area (Å²) < 4.78 is 15.8. The Hall–Kier alpha value is -3.48. The number of fused-ring (bicyclic) bond motifs is 1. The molecule has 4 aromatic rings. The lowest BCUT2D eigenvalue weighted by molar-refractivity contribution is 0.475. The van der Waals surface area contributed by atoms with Crippen LogP contribution in [-0.4, -0.2) is 31.2 Å². The zero-order valence-electron chi connectivity index (χ0n) is 16.3. The predicted molar refractivity (Wildman–Crippen MR) is 111 cm³/mol. The molecule has 0 aliphatic carbocycles. The van der Waals surface area contributed by atoms with Crippen molar-refractivity contribution in [3.05, 3.63) is 66.5 Å². The second-order valence-electron chi connectivity index (χ2n) is 7.20. The quantitative estimate of drug-likeness (QED) is 0.503. The van der Waals surface area contributed by atoms with Crippen LogP contribution >= 0.6 is 0 Å². The van der Waals surface area contributed by atoms with Crippen molar-refractivity contribution in [2.24, 2.45) is 0 Å². The van der Waals surface area contributed by atoms with Crippen molar-refractivity contribution in [1.29, 1.82) is 0 Å². The number of pyridine rings is 2. The molecule has 3 aromatic heterocycles. The van der Waals surface area contributed by atoms with E-state index in [1.54, 1.807) is 24.7 Å². The molecule has 0 unspecified atom stereocenters. The molecule has 0 aliphatic rings. The number of nitrogens with zero attached hydrogens (tertiary/aromatic N) is 4. The van der Waals surface area contributed by atoms with Crippen LogP contribution in [0.4, 0.5) is 10.2 Å². The van der Waals surface area contributed by atoms with E-state index in [4.69, 9.17) is 4.98 Å². The minimum Gasteiger partial charge on any atom is -0.508 e. The average Bonchev–Trinajstić information content (AvgIpc) is 3.14. The van der Waals surface area contributed by atoms with E-state index in [0.717, 1.165) is 23.0 Å². The van der Waals surface area contributed by atoms with E-state index in [1.165, 1.54) is 12.3 Å². The summed E-state index contributed by atoms with van der Waals surface area (Å²) in [7, 11) is 0. The third-order valence-corrected chi connectivity index (χ3v) is 4.76. The van der Waals surface area contributed by atoms with Gasteiger partial charge in [-0.3, -0.25) is 4.98 Å². The number of imidazole rings is 1. The van der Waals surface area contributed by atoms with Crippen LogP contribution in [0.5, 0.6) is 5.75 Å². The van der Waals surface area contributed by atoms with Crippen molar-refractivity contribution in [2.75, 3.05) is 11.9 Å². The molecule has 0 bridgehead atoms. The highest BCUT2D eigenvalue weighted by molar-refractivity contribution is 5.89. The molecule has 148 valence electrons. The van der Waals surface area contributed by atoms with Gasteiger partial charge in [0.15, 0.2) is 5.82 Å². The van der Waals surface area contributed by atoms with E-state index in [9.17, 15) is 9.50 Å². The van der Waals surface area contributed by atoms with E-state index in [-0.39, 0.29) is 11.8 Å². The van der Waals surface area contributed by atoms with Crippen molar-refractivity contribution in [3.8, 4) is 17.0 Å². The molecule has 0 atom stereocenters. The standard InChI is InChI=1S/C22H22FN5O/c1-14(2)28-13-26-21-20(28)10-19(16-9-17(23)12-24-11-16)27-22(21)25-8-7-15-3-5-18(29)6-4-15/h3-6,9-14,29H,7-8H2,1-2H3,(H,25,27). The molecule has 1 aromatic carbocycles. The summed E-state index contributed by atoms with van der Waals surface area (Å²) in [6.07, 6.45) is 5.35. The molecule has 2 N–H and O–H groups in total. The van der Waals surface area contributed by atoms with E-state index < -0.39 is 5.82 Å². The number of benzene rings is 1. The second-order valence-corrected chi connectivity index (χ2v) is 7.20. The Balaban J connectivity index is 1.68. The normalized spacial score (nSPS) is 11.3. The van der Waals surface area contributed by atoms with E-state index in [2.05, 4.69) is 33.7 Å². The number of aromatic nitrogens is 4. The molecule has 6 nitrogen and oxygen atoms in total. The van der Waals surface area contributed by atoms with Crippen LogP contribution in [0.15, 0.2) is 55.1 Å². The van der Waals surface area contributed by atoms with Crippen LogP contribution in [-0.2, 0) is 6.42 Å². The number of hydrogen-bond donors (Lipinski definition) is 2. The monoisotopic (exact) mass is 391 g/mol. The van der Waals surface area contributed by atoms with Gasteiger partial charge in [-0.15, -0.1) is 0 Å². The van der Waals surface area contributed by atoms with Gasteiger partial charge in [-0.2, -0.15) is 0 Å². The summed E-state index contributed by atoms with van der Waals surface area (Å²) in [6.45, 7) is 4.82. The van der Waals surface area contributed by atoms with Gasteiger partial charge in [-0.25, -0.2) is 14.4 Å². The fourth-order valence-electron chi connectivity index (χ4n) is 3.25. The number of halogens is 1. The van der Waals surface area contributed by atoms with Crippen LogP contribution in [0.25, 0.3) is 22.3 Å². The Labute approximate surface area is 168 Å². The number of rotatable bonds is 6. The molecular weight excluding hydrogens is 369 g/mol. The summed E-state index contributed by atoms with van der Waals surface area (Å²) in [5.74, 6) is 0.504. The summed E-state index contributed by atoms with van der Waals surface area (Å²) in [5.41, 5.74) is 4.06. The minimum atomic E-state index is -0.399. The van der Waals surface area contributed by atoms with Gasteiger partial charge in [-0.05, 0) is 50.1 Å². The lowest BCUT2D eigenvalue weighted by atomic mass is 10.1. The predicted octanol–water partition coefficient (Wildman–Crippen LogP) is 4.57.